The van der Waals surface area contributed by atoms with Crippen LogP contribution < -0.4 is 5.32 Å². The molecule has 0 saturated carbocycles. The van der Waals surface area contributed by atoms with E-state index in [9.17, 15) is 17.6 Å². The van der Waals surface area contributed by atoms with Crippen LogP contribution in [0.25, 0.3) is 0 Å². The molecule has 6 heteroatoms. The molecule has 0 aliphatic carbocycles. The van der Waals surface area contributed by atoms with Crippen molar-refractivity contribution in [3.8, 4) is 0 Å². The van der Waals surface area contributed by atoms with Gasteiger partial charge in [0.2, 0.25) is 0 Å². The summed E-state index contributed by atoms with van der Waals surface area (Å²) in [4.78, 5) is 3.60. The summed E-state index contributed by atoms with van der Waals surface area (Å²) < 4.78 is 48.9. The molecule has 16 heavy (non-hydrogen) atoms. The van der Waals surface area contributed by atoms with Gasteiger partial charge in [-0.05, 0) is 25.1 Å². The number of alkyl halides is 3. The van der Waals surface area contributed by atoms with Gasteiger partial charge in [-0.2, -0.15) is 13.2 Å². The minimum Gasteiger partial charge on any atom is -0.313 e. The molecule has 0 amide bonds. The molecule has 0 bridgehead atoms. The Balaban J connectivity index is 2.68. The molecule has 1 aromatic rings. The lowest BCUT2D eigenvalue weighted by atomic mass is 10.0. The van der Waals surface area contributed by atoms with E-state index in [2.05, 4.69) is 10.3 Å². The quantitative estimate of drug-likeness (QED) is 0.813. The van der Waals surface area contributed by atoms with E-state index in [1.807, 2.05) is 0 Å². The Morgan fingerprint density at radius 1 is 1.38 bits per heavy atom. The van der Waals surface area contributed by atoms with Gasteiger partial charge in [-0.3, -0.25) is 4.98 Å². The average molecular weight is 236 g/mol. The van der Waals surface area contributed by atoms with Crippen LogP contribution >= 0.6 is 0 Å². The van der Waals surface area contributed by atoms with E-state index in [1.165, 1.54) is 19.3 Å². The second-order valence-electron chi connectivity index (χ2n) is 3.43. The molecule has 90 valence electrons. The third-order valence-corrected chi connectivity index (χ3v) is 2.19. The third kappa shape index (κ3) is 4.14. The Labute approximate surface area is 90.7 Å². The monoisotopic (exact) mass is 236 g/mol. The van der Waals surface area contributed by atoms with E-state index in [0.29, 0.717) is 5.56 Å². The molecule has 0 spiro atoms. The fourth-order valence-electron chi connectivity index (χ4n) is 1.40. The maximum Gasteiger partial charge on any atom is 0.389 e. The van der Waals surface area contributed by atoms with Gasteiger partial charge < -0.3 is 5.32 Å². The van der Waals surface area contributed by atoms with E-state index in [-0.39, 0.29) is 6.42 Å². The number of nitrogens with zero attached hydrogens (tertiary/aromatic N) is 1. The first kappa shape index (κ1) is 12.9. The summed E-state index contributed by atoms with van der Waals surface area (Å²) in [5, 5.41) is 2.71. The van der Waals surface area contributed by atoms with Crippen LogP contribution in [0.3, 0.4) is 0 Å². The number of hydrogen-bond donors (Lipinski definition) is 1. The molecule has 0 aliphatic rings. The fraction of sp³-hybridized carbons (Fsp3) is 0.500. The lowest BCUT2D eigenvalue weighted by Crippen LogP contribution is -2.20. The Morgan fingerprint density at radius 2 is 2.06 bits per heavy atom. The number of hydrogen-bond acceptors (Lipinski definition) is 2. The van der Waals surface area contributed by atoms with Crippen molar-refractivity contribution in [2.45, 2.75) is 25.1 Å². The maximum atomic E-state index is 12.8. The SMILES string of the molecule is CNC(CCC(F)(F)F)c1cncc(F)c1. The van der Waals surface area contributed by atoms with E-state index < -0.39 is 24.5 Å². The first-order valence-electron chi connectivity index (χ1n) is 4.77. The van der Waals surface area contributed by atoms with Crippen molar-refractivity contribution in [1.29, 1.82) is 0 Å². The Kier molecular flexibility index (Phi) is 4.23. The van der Waals surface area contributed by atoms with Crippen molar-refractivity contribution in [3.05, 3.63) is 29.8 Å². The van der Waals surface area contributed by atoms with Crippen molar-refractivity contribution < 1.29 is 17.6 Å². The molecule has 1 atom stereocenters. The van der Waals surface area contributed by atoms with Crippen LogP contribution in [0.5, 0.6) is 0 Å². The highest BCUT2D eigenvalue weighted by molar-refractivity contribution is 5.14. The molecule has 1 heterocycles. The van der Waals surface area contributed by atoms with E-state index >= 15 is 0 Å². The van der Waals surface area contributed by atoms with Gasteiger partial charge in [0.25, 0.3) is 0 Å². The van der Waals surface area contributed by atoms with Gasteiger partial charge in [-0.15, -0.1) is 0 Å². The Bertz CT molecular complexity index is 338. The van der Waals surface area contributed by atoms with Gasteiger partial charge in [0, 0.05) is 18.7 Å². The lowest BCUT2D eigenvalue weighted by Gasteiger charge is -2.17. The number of nitrogens with one attached hydrogen (secondary N) is 1. The maximum absolute atomic E-state index is 12.8. The zero-order valence-electron chi connectivity index (χ0n) is 8.68. The van der Waals surface area contributed by atoms with Gasteiger partial charge >= 0.3 is 6.18 Å². The minimum absolute atomic E-state index is 0.134. The predicted octanol–water partition coefficient (Wildman–Crippen LogP) is 2.82. The normalized spacial score (nSPS) is 13.8. The minimum atomic E-state index is -4.20. The van der Waals surface area contributed by atoms with Crippen LogP contribution in [0.15, 0.2) is 18.5 Å². The van der Waals surface area contributed by atoms with E-state index in [0.717, 1.165) is 6.20 Å². The van der Waals surface area contributed by atoms with Crippen molar-refractivity contribution in [2.75, 3.05) is 7.05 Å². The summed E-state index contributed by atoms with van der Waals surface area (Å²) in [6.07, 6.45) is -2.86. The van der Waals surface area contributed by atoms with Gasteiger partial charge in [-0.1, -0.05) is 0 Å². The topological polar surface area (TPSA) is 24.9 Å². The predicted molar refractivity (Wildman–Crippen MR) is 51.3 cm³/mol. The van der Waals surface area contributed by atoms with E-state index in [4.69, 9.17) is 0 Å². The molecule has 2 nitrogen and oxygen atoms in total. The zero-order valence-corrected chi connectivity index (χ0v) is 8.68. The van der Waals surface area contributed by atoms with Crippen LogP contribution in [0.4, 0.5) is 17.6 Å². The molecular formula is C10H12F4N2. The van der Waals surface area contributed by atoms with Gasteiger partial charge in [0.15, 0.2) is 0 Å². The largest absolute Gasteiger partial charge is 0.389 e. The molecule has 0 saturated heterocycles. The second-order valence-corrected chi connectivity index (χ2v) is 3.43. The molecule has 0 aliphatic heterocycles. The van der Waals surface area contributed by atoms with Crippen LogP contribution in [0, 0.1) is 5.82 Å². The first-order chi connectivity index (χ1) is 7.42. The van der Waals surface area contributed by atoms with Crippen molar-refractivity contribution in [1.82, 2.24) is 10.3 Å². The standard InChI is InChI=1S/C10H12F4N2/c1-15-9(2-3-10(12,13)14)7-4-8(11)6-16-5-7/h4-6,9,15H,2-3H2,1H3. The summed E-state index contributed by atoms with van der Waals surface area (Å²) in [6, 6.07) is 0.648. The first-order valence-corrected chi connectivity index (χ1v) is 4.77. The highest BCUT2D eigenvalue weighted by atomic mass is 19.4. The number of rotatable bonds is 4. The molecule has 0 aromatic carbocycles. The van der Waals surface area contributed by atoms with Crippen molar-refractivity contribution in [2.24, 2.45) is 0 Å². The smallest absolute Gasteiger partial charge is 0.313 e. The van der Waals surface area contributed by atoms with Gasteiger partial charge in [0.1, 0.15) is 5.82 Å². The molecule has 1 N–H and O–H groups in total. The van der Waals surface area contributed by atoms with Crippen LogP contribution in [-0.2, 0) is 0 Å². The number of pyridine rings is 1. The zero-order chi connectivity index (χ0) is 12.2. The molecule has 0 radical (unpaired) electrons. The van der Waals surface area contributed by atoms with Gasteiger partial charge in [-0.25, -0.2) is 4.39 Å². The average Bonchev–Trinajstić information content (AvgIpc) is 2.17. The molecule has 0 fully saturated rings. The number of aromatic nitrogens is 1. The summed E-state index contributed by atoms with van der Waals surface area (Å²) in [5.74, 6) is -0.551. The lowest BCUT2D eigenvalue weighted by molar-refractivity contribution is -0.136. The molecular weight excluding hydrogens is 224 g/mol. The fourth-order valence-corrected chi connectivity index (χ4v) is 1.40. The Hall–Kier alpha value is -1.17. The van der Waals surface area contributed by atoms with Crippen LogP contribution in [0.1, 0.15) is 24.4 Å². The summed E-state index contributed by atoms with van der Waals surface area (Å²) in [5.41, 5.74) is 0.423. The highest BCUT2D eigenvalue weighted by Gasteiger charge is 2.28. The van der Waals surface area contributed by atoms with Gasteiger partial charge in [0.05, 0.1) is 6.20 Å². The third-order valence-electron chi connectivity index (χ3n) is 2.19. The molecule has 1 rings (SSSR count). The number of halogens is 4. The van der Waals surface area contributed by atoms with E-state index in [1.54, 1.807) is 0 Å². The van der Waals surface area contributed by atoms with Crippen molar-refractivity contribution in [3.63, 3.8) is 0 Å². The summed E-state index contributed by atoms with van der Waals surface area (Å²) >= 11 is 0. The summed E-state index contributed by atoms with van der Waals surface area (Å²) in [7, 11) is 1.53. The Morgan fingerprint density at radius 3 is 2.56 bits per heavy atom. The highest BCUT2D eigenvalue weighted by Crippen LogP contribution is 2.27. The van der Waals surface area contributed by atoms with Crippen LogP contribution in [-0.4, -0.2) is 18.2 Å². The second kappa shape index (κ2) is 5.25. The van der Waals surface area contributed by atoms with Crippen molar-refractivity contribution >= 4 is 0 Å². The summed E-state index contributed by atoms with van der Waals surface area (Å²) in [6.45, 7) is 0. The molecule has 1 unspecified atom stereocenters. The molecule has 1 aromatic heterocycles. The van der Waals surface area contributed by atoms with Crippen LogP contribution in [0.2, 0.25) is 0 Å².